The van der Waals surface area contributed by atoms with Crippen molar-refractivity contribution in [3.05, 3.63) is 72.3 Å². The molecule has 0 bridgehead atoms. The predicted molar refractivity (Wildman–Crippen MR) is 115 cm³/mol. The molecule has 0 aliphatic carbocycles. The standard InChI is InChI=1S/C21H22N6O/c1-2-27(18-9-5-7-14-6-3-4-8-17(14)18)19(28)15-10-12-16(13-11-15)25-21(24)26-20(22)23/h3-13H,2H2,1H3,(H6,22,23,24,25,26). The second-order valence-corrected chi connectivity index (χ2v) is 6.10. The van der Waals surface area contributed by atoms with Crippen LogP contribution >= 0.6 is 0 Å². The van der Waals surface area contributed by atoms with Crippen LogP contribution in [0.5, 0.6) is 0 Å². The van der Waals surface area contributed by atoms with Gasteiger partial charge < -0.3 is 22.1 Å². The number of guanidine groups is 2. The van der Waals surface area contributed by atoms with Gasteiger partial charge in [0.2, 0.25) is 5.96 Å². The van der Waals surface area contributed by atoms with E-state index in [-0.39, 0.29) is 17.8 Å². The number of aliphatic imine (C=N–C) groups is 2. The smallest absolute Gasteiger partial charge is 0.258 e. The van der Waals surface area contributed by atoms with E-state index >= 15 is 0 Å². The van der Waals surface area contributed by atoms with Gasteiger partial charge in [-0.25, -0.2) is 4.99 Å². The molecular weight excluding hydrogens is 352 g/mol. The Balaban J connectivity index is 1.90. The maximum atomic E-state index is 13.1. The van der Waals surface area contributed by atoms with Gasteiger partial charge in [0.15, 0.2) is 5.96 Å². The van der Waals surface area contributed by atoms with Crippen LogP contribution in [0.4, 0.5) is 11.4 Å². The topological polar surface area (TPSA) is 123 Å². The number of benzene rings is 3. The zero-order valence-electron chi connectivity index (χ0n) is 15.5. The van der Waals surface area contributed by atoms with Crippen LogP contribution in [0.2, 0.25) is 0 Å². The van der Waals surface area contributed by atoms with E-state index in [4.69, 9.17) is 17.2 Å². The van der Waals surface area contributed by atoms with E-state index < -0.39 is 0 Å². The van der Waals surface area contributed by atoms with Gasteiger partial charge in [0, 0.05) is 17.5 Å². The van der Waals surface area contributed by atoms with E-state index in [0.29, 0.717) is 17.8 Å². The largest absolute Gasteiger partial charge is 0.370 e. The summed E-state index contributed by atoms with van der Waals surface area (Å²) >= 11 is 0. The highest BCUT2D eigenvalue weighted by atomic mass is 16.2. The SMILES string of the molecule is CCN(C(=O)c1ccc(N=C(N)N=C(N)N)cc1)c1cccc2ccccc12. The van der Waals surface area contributed by atoms with Crippen molar-refractivity contribution in [2.24, 2.45) is 27.2 Å². The van der Waals surface area contributed by atoms with Crippen molar-refractivity contribution in [3.63, 3.8) is 0 Å². The van der Waals surface area contributed by atoms with Crippen molar-refractivity contribution in [2.75, 3.05) is 11.4 Å². The summed E-state index contributed by atoms with van der Waals surface area (Å²) in [5, 5.41) is 2.12. The van der Waals surface area contributed by atoms with E-state index in [0.717, 1.165) is 16.5 Å². The summed E-state index contributed by atoms with van der Waals surface area (Å²) in [7, 11) is 0. The second kappa shape index (κ2) is 8.22. The summed E-state index contributed by atoms with van der Waals surface area (Å²) in [6.45, 7) is 2.50. The molecule has 0 unspecified atom stereocenters. The molecule has 28 heavy (non-hydrogen) atoms. The minimum absolute atomic E-state index is 0.0509. The lowest BCUT2D eigenvalue weighted by Crippen LogP contribution is -2.30. The summed E-state index contributed by atoms with van der Waals surface area (Å²) in [5.41, 5.74) is 18.2. The molecule has 0 saturated carbocycles. The fraction of sp³-hybridized carbons (Fsp3) is 0.0952. The Bertz CT molecular complexity index is 1050. The van der Waals surface area contributed by atoms with Crippen LogP contribution in [0.3, 0.4) is 0 Å². The maximum Gasteiger partial charge on any atom is 0.258 e. The molecule has 3 aromatic rings. The number of carbonyl (C=O) groups is 1. The average molecular weight is 374 g/mol. The van der Waals surface area contributed by atoms with Gasteiger partial charge in [0.05, 0.1) is 11.4 Å². The molecule has 142 valence electrons. The van der Waals surface area contributed by atoms with Gasteiger partial charge in [-0.05, 0) is 42.6 Å². The van der Waals surface area contributed by atoms with E-state index in [1.165, 1.54) is 0 Å². The fourth-order valence-corrected chi connectivity index (χ4v) is 2.99. The van der Waals surface area contributed by atoms with Gasteiger partial charge in [-0.3, -0.25) is 4.79 Å². The van der Waals surface area contributed by atoms with Crippen LogP contribution in [-0.2, 0) is 0 Å². The number of amides is 1. The van der Waals surface area contributed by atoms with Crippen molar-refractivity contribution >= 4 is 40.0 Å². The Morgan fingerprint density at radius 2 is 1.61 bits per heavy atom. The Labute approximate surface area is 163 Å². The number of fused-ring (bicyclic) bond motifs is 1. The molecule has 0 aromatic heterocycles. The average Bonchev–Trinajstić information content (AvgIpc) is 2.68. The molecule has 7 heteroatoms. The first-order valence-corrected chi connectivity index (χ1v) is 8.83. The zero-order chi connectivity index (χ0) is 20.1. The molecule has 6 N–H and O–H groups in total. The molecule has 0 spiro atoms. The lowest BCUT2D eigenvalue weighted by Gasteiger charge is -2.23. The van der Waals surface area contributed by atoms with E-state index in [9.17, 15) is 4.79 Å². The lowest BCUT2D eigenvalue weighted by molar-refractivity contribution is 0.0988. The van der Waals surface area contributed by atoms with Gasteiger partial charge in [0.1, 0.15) is 0 Å². The summed E-state index contributed by atoms with van der Waals surface area (Å²) in [4.78, 5) is 22.6. The minimum atomic E-state index is -0.165. The van der Waals surface area contributed by atoms with E-state index in [1.807, 2.05) is 49.4 Å². The van der Waals surface area contributed by atoms with Gasteiger partial charge >= 0.3 is 0 Å². The Morgan fingerprint density at radius 1 is 0.929 bits per heavy atom. The van der Waals surface area contributed by atoms with Crippen LogP contribution in [0.1, 0.15) is 17.3 Å². The van der Waals surface area contributed by atoms with Crippen molar-refractivity contribution in [2.45, 2.75) is 6.92 Å². The summed E-state index contributed by atoms with van der Waals surface area (Å²) in [6.07, 6.45) is 0. The number of hydrogen-bond donors (Lipinski definition) is 3. The van der Waals surface area contributed by atoms with Crippen molar-refractivity contribution in [1.29, 1.82) is 0 Å². The molecule has 7 nitrogen and oxygen atoms in total. The first kappa shape index (κ1) is 18.9. The maximum absolute atomic E-state index is 13.1. The summed E-state index contributed by atoms with van der Waals surface area (Å²) in [6, 6.07) is 20.8. The lowest BCUT2D eigenvalue weighted by atomic mass is 10.1. The van der Waals surface area contributed by atoms with Crippen LogP contribution in [0.25, 0.3) is 10.8 Å². The van der Waals surface area contributed by atoms with Crippen molar-refractivity contribution in [1.82, 2.24) is 0 Å². The second-order valence-electron chi connectivity index (χ2n) is 6.10. The third-order valence-electron chi connectivity index (χ3n) is 4.22. The molecule has 1 amide bonds. The molecule has 0 fully saturated rings. The summed E-state index contributed by atoms with van der Waals surface area (Å²) in [5.74, 6) is -0.307. The molecule has 0 radical (unpaired) electrons. The molecule has 0 saturated heterocycles. The number of carbonyl (C=O) groups excluding carboxylic acids is 1. The number of hydrogen-bond acceptors (Lipinski definition) is 2. The number of rotatable bonds is 4. The highest BCUT2D eigenvalue weighted by Crippen LogP contribution is 2.28. The van der Waals surface area contributed by atoms with Gasteiger partial charge in [-0.2, -0.15) is 4.99 Å². The van der Waals surface area contributed by atoms with E-state index in [2.05, 4.69) is 9.98 Å². The molecule has 0 atom stereocenters. The van der Waals surface area contributed by atoms with Gasteiger partial charge in [0.25, 0.3) is 5.91 Å². The highest BCUT2D eigenvalue weighted by molar-refractivity contribution is 6.10. The highest BCUT2D eigenvalue weighted by Gasteiger charge is 2.18. The van der Waals surface area contributed by atoms with Gasteiger partial charge in [-0.1, -0.05) is 36.4 Å². The first-order chi connectivity index (χ1) is 13.5. The van der Waals surface area contributed by atoms with Gasteiger partial charge in [-0.15, -0.1) is 0 Å². The molecule has 0 heterocycles. The molecule has 3 rings (SSSR count). The molecule has 0 aliphatic heterocycles. The van der Waals surface area contributed by atoms with Crippen LogP contribution < -0.4 is 22.1 Å². The third-order valence-corrected chi connectivity index (χ3v) is 4.22. The van der Waals surface area contributed by atoms with Crippen LogP contribution in [0, 0.1) is 0 Å². The van der Waals surface area contributed by atoms with Crippen molar-refractivity contribution in [3.8, 4) is 0 Å². The van der Waals surface area contributed by atoms with Crippen molar-refractivity contribution < 1.29 is 4.79 Å². The monoisotopic (exact) mass is 374 g/mol. The molecule has 3 aromatic carbocycles. The Morgan fingerprint density at radius 3 is 2.29 bits per heavy atom. The fourth-order valence-electron chi connectivity index (χ4n) is 2.99. The summed E-state index contributed by atoms with van der Waals surface area (Å²) < 4.78 is 0. The normalized spacial score (nSPS) is 11.2. The minimum Gasteiger partial charge on any atom is -0.370 e. The number of nitrogens with zero attached hydrogens (tertiary/aromatic N) is 3. The predicted octanol–water partition coefficient (Wildman–Crippen LogP) is 2.73. The first-order valence-electron chi connectivity index (χ1n) is 8.83. The quantitative estimate of drug-likeness (QED) is 0.480. The Hall–Kier alpha value is -3.87. The van der Waals surface area contributed by atoms with E-state index in [1.54, 1.807) is 29.2 Å². The number of nitrogens with two attached hydrogens (primary N) is 3. The third kappa shape index (κ3) is 4.09. The Kier molecular flexibility index (Phi) is 5.55. The number of anilines is 1. The molecule has 0 aliphatic rings. The zero-order valence-corrected chi connectivity index (χ0v) is 15.5. The van der Waals surface area contributed by atoms with Crippen LogP contribution in [0.15, 0.2) is 76.7 Å². The molecular formula is C21H22N6O. The van der Waals surface area contributed by atoms with Crippen LogP contribution in [-0.4, -0.2) is 24.4 Å².